The van der Waals surface area contributed by atoms with E-state index < -0.39 is 10.0 Å². The first-order valence-electron chi connectivity index (χ1n) is 6.35. The zero-order chi connectivity index (χ0) is 14.6. The van der Waals surface area contributed by atoms with Crippen LogP contribution in [-0.2, 0) is 23.0 Å². The highest BCUT2D eigenvalue weighted by molar-refractivity contribution is 7.92. The van der Waals surface area contributed by atoms with E-state index >= 15 is 0 Å². The van der Waals surface area contributed by atoms with Crippen LogP contribution in [0.4, 0.5) is 11.4 Å². The van der Waals surface area contributed by atoms with Crippen molar-refractivity contribution in [2.24, 2.45) is 0 Å². The molecular formula is C14H18N2O3S. The number of sulfonamides is 1. The van der Waals surface area contributed by atoms with Crippen LogP contribution < -0.4 is 10.0 Å². The van der Waals surface area contributed by atoms with E-state index in [0.717, 1.165) is 29.9 Å². The van der Waals surface area contributed by atoms with Gasteiger partial charge in [-0.05, 0) is 30.3 Å². The van der Waals surface area contributed by atoms with E-state index in [1.54, 1.807) is 18.2 Å². The molecule has 1 heterocycles. The average molecular weight is 294 g/mol. The molecule has 1 aromatic heterocycles. The zero-order valence-corrected chi connectivity index (χ0v) is 12.3. The second-order valence-electron chi connectivity index (χ2n) is 4.53. The summed E-state index contributed by atoms with van der Waals surface area (Å²) in [6.45, 7) is 2.60. The monoisotopic (exact) mass is 294 g/mol. The number of rotatable bonds is 6. The van der Waals surface area contributed by atoms with Crippen LogP contribution in [0.25, 0.3) is 0 Å². The van der Waals surface area contributed by atoms with Crippen LogP contribution in [0.15, 0.2) is 40.8 Å². The van der Waals surface area contributed by atoms with Gasteiger partial charge in [-0.15, -0.1) is 0 Å². The van der Waals surface area contributed by atoms with Gasteiger partial charge >= 0.3 is 0 Å². The molecule has 108 valence electrons. The van der Waals surface area contributed by atoms with Crippen LogP contribution >= 0.6 is 0 Å². The fraction of sp³-hybridized carbons (Fsp3) is 0.286. The largest absolute Gasteiger partial charge is 0.464 e. The van der Waals surface area contributed by atoms with Crippen LogP contribution in [0.2, 0.25) is 0 Å². The van der Waals surface area contributed by atoms with Crippen molar-refractivity contribution < 1.29 is 12.8 Å². The minimum Gasteiger partial charge on any atom is -0.464 e. The summed E-state index contributed by atoms with van der Waals surface area (Å²) in [5, 5.41) is 3.20. The molecule has 0 bridgehead atoms. The van der Waals surface area contributed by atoms with E-state index in [9.17, 15) is 8.42 Å². The second kappa shape index (κ2) is 6.00. The summed E-state index contributed by atoms with van der Waals surface area (Å²) in [6, 6.07) is 11.0. The van der Waals surface area contributed by atoms with Crippen LogP contribution in [0.3, 0.4) is 0 Å². The Morgan fingerprint density at radius 2 is 1.80 bits per heavy atom. The van der Waals surface area contributed by atoms with Gasteiger partial charge in [0, 0.05) is 12.1 Å². The minimum absolute atomic E-state index is 0.534. The summed E-state index contributed by atoms with van der Waals surface area (Å²) < 4.78 is 30.4. The minimum atomic E-state index is -3.26. The molecule has 0 amide bonds. The van der Waals surface area contributed by atoms with Crippen molar-refractivity contribution in [3.05, 3.63) is 47.9 Å². The van der Waals surface area contributed by atoms with Gasteiger partial charge in [-0.2, -0.15) is 0 Å². The maximum atomic E-state index is 11.2. The topological polar surface area (TPSA) is 71.3 Å². The van der Waals surface area contributed by atoms with E-state index in [2.05, 4.69) is 10.0 Å². The van der Waals surface area contributed by atoms with Crippen molar-refractivity contribution in [2.75, 3.05) is 16.3 Å². The molecule has 0 aliphatic heterocycles. The lowest BCUT2D eigenvalue weighted by atomic mass is 10.3. The molecule has 0 fully saturated rings. The Bertz CT molecular complexity index is 677. The number of hydrogen-bond donors (Lipinski definition) is 2. The molecule has 0 saturated carbocycles. The normalized spacial score (nSPS) is 11.3. The zero-order valence-electron chi connectivity index (χ0n) is 11.5. The highest BCUT2D eigenvalue weighted by atomic mass is 32.2. The van der Waals surface area contributed by atoms with Gasteiger partial charge < -0.3 is 9.73 Å². The average Bonchev–Trinajstić information content (AvgIpc) is 2.83. The van der Waals surface area contributed by atoms with Crippen LogP contribution in [0, 0.1) is 0 Å². The summed E-state index contributed by atoms with van der Waals surface area (Å²) in [6.07, 6.45) is 2.00. The van der Waals surface area contributed by atoms with Crippen LogP contribution in [0.1, 0.15) is 18.4 Å². The Kier molecular flexibility index (Phi) is 4.34. The first-order chi connectivity index (χ1) is 9.46. The molecule has 2 N–H and O–H groups in total. The third-order valence-electron chi connectivity index (χ3n) is 2.70. The third-order valence-corrected chi connectivity index (χ3v) is 3.30. The number of nitrogens with one attached hydrogen (secondary N) is 2. The lowest BCUT2D eigenvalue weighted by Crippen LogP contribution is -2.09. The van der Waals surface area contributed by atoms with E-state index in [4.69, 9.17) is 4.42 Å². The second-order valence-corrected chi connectivity index (χ2v) is 6.28. The Labute approximate surface area is 119 Å². The maximum absolute atomic E-state index is 11.2. The van der Waals surface area contributed by atoms with E-state index in [0.29, 0.717) is 12.2 Å². The van der Waals surface area contributed by atoms with Gasteiger partial charge in [0.1, 0.15) is 11.5 Å². The Morgan fingerprint density at radius 3 is 2.45 bits per heavy atom. The molecule has 0 saturated heterocycles. The van der Waals surface area contributed by atoms with Crippen molar-refractivity contribution >= 4 is 21.4 Å². The van der Waals surface area contributed by atoms with Gasteiger partial charge in [-0.3, -0.25) is 4.72 Å². The molecule has 6 heteroatoms. The van der Waals surface area contributed by atoms with Gasteiger partial charge in [-0.1, -0.05) is 13.0 Å². The summed E-state index contributed by atoms with van der Waals surface area (Å²) in [7, 11) is -3.26. The van der Waals surface area contributed by atoms with E-state index in [1.807, 2.05) is 25.1 Å². The predicted molar refractivity (Wildman–Crippen MR) is 80.3 cm³/mol. The Hall–Kier alpha value is -1.95. The molecule has 0 radical (unpaired) electrons. The molecule has 0 spiro atoms. The number of hydrogen-bond acceptors (Lipinski definition) is 4. The fourth-order valence-corrected chi connectivity index (χ4v) is 2.36. The molecule has 20 heavy (non-hydrogen) atoms. The highest BCUT2D eigenvalue weighted by Crippen LogP contribution is 2.17. The lowest BCUT2D eigenvalue weighted by Gasteiger charge is -2.08. The van der Waals surface area contributed by atoms with Crippen molar-refractivity contribution in [3.63, 3.8) is 0 Å². The number of furan rings is 1. The van der Waals surface area contributed by atoms with Crippen molar-refractivity contribution in [1.82, 2.24) is 0 Å². The van der Waals surface area contributed by atoms with Gasteiger partial charge in [0.15, 0.2) is 0 Å². The standard InChI is InChI=1S/C14H18N2O3S/c1-3-13-7-8-14(19-13)10-15-11-5-4-6-12(9-11)16-20(2,17)18/h4-9,15-16H,3,10H2,1-2H3. The van der Waals surface area contributed by atoms with Gasteiger partial charge in [-0.25, -0.2) is 8.42 Å². The van der Waals surface area contributed by atoms with Gasteiger partial charge in [0.05, 0.1) is 18.5 Å². The van der Waals surface area contributed by atoms with Crippen molar-refractivity contribution in [1.29, 1.82) is 0 Å². The maximum Gasteiger partial charge on any atom is 0.229 e. The number of aryl methyl sites for hydroxylation is 1. The van der Waals surface area contributed by atoms with Crippen LogP contribution in [-0.4, -0.2) is 14.7 Å². The molecule has 0 atom stereocenters. The molecule has 0 unspecified atom stereocenters. The Morgan fingerprint density at radius 1 is 1.10 bits per heavy atom. The summed E-state index contributed by atoms with van der Waals surface area (Å²) in [5.74, 6) is 1.80. The first-order valence-corrected chi connectivity index (χ1v) is 8.25. The van der Waals surface area contributed by atoms with Gasteiger partial charge in [0.2, 0.25) is 10.0 Å². The van der Waals surface area contributed by atoms with E-state index in [-0.39, 0.29) is 0 Å². The van der Waals surface area contributed by atoms with Gasteiger partial charge in [0.25, 0.3) is 0 Å². The summed E-state index contributed by atoms with van der Waals surface area (Å²) in [5.41, 5.74) is 1.36. The Balaban J connectivity index is 2.01. The van der Waals surface area contributed by atoms with E-state index in [1.165, 1.54) is 0 Å². The lowest BCUT2D eigenvalue weighted by molar-refractivity contribution is 0.476. The SMILES string of the molecule is CCc1ccc(CNc2cccc(NS(C)(=O)=O)c2)o1. The molecule has 2 rings (SSSR count). The third kappa shape index (κ3) is 4.31. The predicted octanol–water partition coefficient (Wildman–Crippen LogP) is 2.83. The summed E-state index contributed by atoms with van der Waals surface area (Å²) in [4.78, 5) is 0. The smallest absolute Gasteiger partial charge is 0.229 e. The first kappa shape index (κ1) is 14.5. The molecule has 0 aliphatic carbocycles. The molecule has 0 aliphatic rings. The molecule has 5 nitrogen and oxygen atoms in total. The van der Waals surface area contributed by atoms with Crippen LogP contribution in [0.5, 0.6) is 0 Å². The number of anilines is 2. The molecular weight excluding hydrogens is 276 g/mol. The highest BCUT2D eigenvalue weighted by Gasteiger charge is 2.03. The van der Waals surface area contributed by atoms with Crippen molar-refractivity contribution in [2.45, 2.75) is 19.9 Å². The quantitative estimate of drug-likeness (QED) is 0.859. The summed E-state index contributed by atoms with van der Waals surface area (Å²) >= 11 is 0. The number of benzene rings is 1. The molecule has 2 aromatic rings. The van der Waals surface area contributed by atoms with Crippen molar-refractivity contribution in [3.8, 4) is 0 Å². The fourth-order valence-electron chi connectivity index (χ4n) is 1.80. The molecule has 1 aromatic carbocycles.